The van der Waals surface area contributed by atoms with Crippen LogP contribution in [0, 0.1) is 5.92 Å². The lowest BCUT2D eigenvalue weighted by Crippen LogP contribution is -2.34. The molecule has 1 saturated heterocycles. The SMILES string of the molecule is NCCC1CCN(Cc2cnc(Cl)cn2)CC1. The Kier molecular flexibility index (Phi) is 4.71. The van der Waals surface area contributed by atoms with Gasteiger partial charge in [-0.25, -0.2) is 4.98 Å². The van der Waals surface area contributed by atoms with Gasteiger partial charge in [0.2, 0.25) is 0 Å². The topological polar surface area (TPSA) is 55.0 Å². The van der Waals surface area contributed by atoms with Crippen LogP contribution in [-0.4, -0.2) is 34.5 Å². The molecule has 0 aromatic carbocycles. The highest BCUT2D eigenvalue weighted by atomic mass is 35.5. The van der Waals surface area contributed by atoms with E-state index in [2.05, 4.69) is 14.9 Å². The van der Waals surface area contributed by atoms with Crippen LogP contribution in [0.4, 0.5) is 0 Å². The number of hydrogen-bond donors (Lipinski definition) is 1. The van der Waals surface area contributed by atoms with E-state index >= 15 is 0 Å². The number of piperidine rings is 1. The lowest BCUT2D eigenvalue weighted by Gasteiger charge is -2.31. The molecule has 1 aromatic heterocycles. The van der Waals surface area contributed by atoms with Crippen LogP contribution in [0.25, 0.3) is 0 Å². The maximum atomic E-state index is 5.71. The minimum Gasteiger partial charge on any atom is -0.330 e. The number of nitrogens with two attached hydrogens (primary N) is 1. The number of halogens is 1. The van der Waals surface area contributed by atoms with Gasteiger partial charge in [-0.05, 0) is 44.8 Å². The van der Waals surface area contributed by atoms with E-state index in [1.165, 1.54) is 12.8 Å². The van der Waals surface area contributed by atoms with Gasteiger partial charge in [-0.3, -0.25) is 9.88 Å². The van der Waals surface area contributed by atoms with E-state index in [0.717, 1.165) is 44.2 Å². The molecule has 2 heterocycles. The molecule has 0 amide bonds. The molecule has 2 N–H and O–H groups in total. The molecule has 1 aliphatic rings. The summed E-state index contributed by atoms with van der Waals surface area (Å²) < 4.78 is 0. The van der Waals surface area contributed by atoms with E-state index in [-0.39, 0.29) is 0 Å². The summed E-state index contributed by atoms with van der Waals surface area (Å²) in [7, 11) is 0. The molecule has 0 atom stereocenters. The van der Waals surface area contributed by atoms with Gasteiger partial charge in [0.05, 0.1) is 18.1 Å². The van der Waals surface area contributed by atoms with Gasteiger partial charge in [-0.15, -0.1) is 0 Å². The van der Waals surface area contributed by atoms with Crippen LogP contribution in [0.15, 0.2) is 12.4 Å². The van der Waals surface area contributed by atoms with Crippen LogP contribution in [0.2, 0.25) is 5.15 Å². The van der Waals surface area contributed by atoms with Gasteiger partial charge in [-0.2, -0.15) is 0 Å². The first-order valence-corrected chi connectivity index (χ1v) is 6.54. The lowest BCUT2D eigenvalue weighted by molar-refractivity contribution is 0.171. The Morgan fingerprint density at radius 2 is 2.06 bits per heavy atom. The Labute approximate surface area is 107 Å². The van der Waals surface area contributed by atoms with Crippen molar-refractivity contribution >= 4 is 11.6 Å². The Balaban J connectivity index is 1.79. The third kappa shape index (κ3) is 3.91. The molecule has 2 rings (SSSR count). The second-order valence-corrected chi connectivity index (χ2v) is 5.01. The summed E-state index contributed by atoms with van der Waals surface area (Å²) in [6.07, 6.45) is 7.03. The Bertz CT molecular complexity index is 333. The van der Waals surface area contributed by atoms with E-state index in [1.807, 2.05) is 0 Å². The molecule has 0 radical (unpaired) electrons. The molecule has 94 valence electrons. The van der Waals surface area contributed by atoms with Crippen molar-refractivity contribution in [2.45, 2.75) is 25.8 Å². The fraction of sp³-hybridized carbons (Fsp3) is 0.667. The molecule has 0 aliphatic carbocycles. The minimum atomic E-state index is 0.454. The molecule has 0 saturated carbocycles. The highest BCUT2D eigenvalue weighted by Crippen LogP contribution is 2.20. The zero-order chi connectivity index (χ0) is 12.1. The van der Waals surface area contributed by atoms with Crippen molar-refractivity contribution in [2.24, 2.45) is 11.7 Å². The highest BCUT2D eigenvalue weighted by molar-refractivity contribution is 6.29. The predicted molar refractivity (Wildman–Crippen MR) is 68.7 cm³/mol. The number of likely N-dealkylation sites (tertiary alicyclic amines) is 1. The van der Waals surface area contributed by atoms with Crippen molar-refractivity contribution in [3.05, 3.63) is 23.2 Å². The third-order valence-electron chi connectivity index (χ3n) is 3.34. The van der Waals surface area contributed by atoms with Crippen LogP contribution in [0.1, 0.15) is 25.0 Å². The van der Waals surface area contributed by atoms with Crippen molar-refractivity contribution < 1.29 is 0 Å². The maximum Gasteiger partial charge on any atom is 0.147 e. The summed E-state index contributed by atoms with van der Waals surface area (Å²) in [6, 6.07) is 0. The van der Waals surface area contributed by atoms with Crippen molar-refractivity contribution in [3.8, 4) is 0 Å². The van der Waals surface area contributed by atoms with Crippen molar-refractivity contribution in [2.75, 3.05) is 19.6 Å². The summed E-state index contributed by atoms with van der Waals surface area (Å²) in [4.78, 5) is 10.7. The van der Waals surface area contributed by atoms with E-state index < -0.39 is 0 Å². The van der Waals surface area contributed by atoms with E-state index in [1.54, 1.807) is 12.4 Å². The third-order valence-corrected chi connectivity index (χ3v) is 3.54. The summed E-state index contributed by atoms with van der Waals surface area (Å²) in [5.41, 5.74) is 6.58. The molecular weight excluding hydrogens is 236 g/mol. The fourth-order valence-corrected chi connectivity index (χ4v) is 2.42. The molecule has 1 aliphatic heterocycles. The summed E-state index contributed by atoms with van der Waals surface area (Å²) in [5.74, 6) is 0.813. The van der Waals surface area contributed by atoms with Crippen LogP contribution in [0.5, 0.6) is 0 Å². The fourth-order valence-electron chi connectivity index (χ4n) is 2.32. The largest absolute Gasteiger partial charge is 0.330 e. The Hall–Kier alpha value is -0.710. The molecule has 1 fully saturated rings. The minimum absolute atomic E-state index is 0.454. The van der Waals surface area contributed by atoms with Crippen LogP contribution in [-0.2, 0) is 6.54 Å². The first-order chi connectivity index (χ1) is 8.28. The van der Waals surface area contributed by atoms with Gasteiger partial charge in [0, 0.05) is 6.54 Å². The predicted octanol–water partition coefficient (Wildman–Crippen LogP) is 1.69. The summed E-state index contributed by atoms with van der Waals surface area (Å²) in [6.45, 7) is 3.96. The van der Waals surface area contributed by atoms with Gasteiger partial charge < -0.3 is 5.73 Å². The molecule has 17 heavy (non-hydrogen) atoms. The molecule has 4 nitrogen and oxygen atoms in total. The number of aromatic nitrogens is 2. The highest BCUT2D eigenvalue weighted by Gasteiger charge is 2.18. The van der Waals surface area contributed by atoms with E-state index in [4.69, 9.17) is 17.3 Å². The maximum absolute atomic E-state index is 5.71. The monoisotopic (exact) mass is 254 g/mol. The number of rotatable bonds is 4. The van der Waals surface area contributed by atoms with Gasteiger partial charge in [0.1, 0.15) is 5.15 Å². The summed E-state index contributed by atoms with van der Waals surface area (Å²) in [5, 5.41) is 0.454. The number of nitrogens with zero attached hydrogens (tertiary/aromatic N) is 3. The quantitative estimate of drug-likeness (QED) is 0.889. The first kappa shape index (κ1) is 12.7. The number of hydrogen-bond acceptors (Lipinski definition) is 4. The van der Waals surface area contributed by atoms with Crippen LogP contribution in [0.3, 0.4) is 0 Å². The van der Waals surface area contributed by atoms with Gasteiger partial charge in [-0.1, -0.05) is 11.6 Å². The normalized spacial score (nSPS) is 18.5. The molecular formula is C12H19ClN4. The Morgan fingerprint density at radius 1 is 1.29 bits per heavy atom. The average molecular weight is 255 g/mol. The van der Waals surface area contributed by atoms with Gasteiger partial charge in [0.25, 0.3) is 0 Å². The van der Waals surface area contributed by atoms with Crippen LogP contribution < -0.4 is 5.73 Å². The van der Waals surface area contributed by atoms with Crippen LogP contribution >= 0.6 is 11.6 Å². The van der Waals surface area contributed by atoms with Crippen molar-refractivity contribution in [3.63, 3.8) is 0 Å². The first-order valence-electron chi connectivity index (χ1n) is 6.17. The van der Waals surface area contributed by atoms with E-state index in [9.17, 15) is 0 Å². The second-order valence-electron chi connectivity index (χ2n) is 4.63. The zero-order valence-electron chi connectivity index (χ0n) is 9.98. The zero-order valence-corrected chi connectivity index (χ0v) is 10.7. The average Bonchev–Trinajstić information content (AvgIpc) is 2.35. The summed E-state index contributed by atoms with van der Waals surface area (Å²) >= 11 is 5.71. The van der Waals surface area contributed by atoms with E-state index in [0.29, 0.717) is 5.15 Å². The van der Waals surface area contributed by atoms with Crippen molar-refractivity contribution in [1.82, 2.24) is 14.9 Å². The molecule has 5 heteroatoms. The molecule has 0 spiro atoms. The second kappa shape index (κ2) is 6.28. The smallest absolute Gasteiger partial charge is 0.147 e. The van der Waals surface area contributed by atoms with Gasteiger partial charge >= 0.3 is 0 Å². The lowest BCUT2D eigenvalue weighted by atomic mass is 9.93. The standard InChI is InChI=1S/C12H19ClN4/c13-12-8-15-11(7-16-12)9-17-5-2-10(1-4-14)3-6-17/h7-8,10H,1-6,9,14H2. The van der Waals surface area contributed by atoms with Crippen molar-refractivity contribution in [1.29, 1.82) is 0 Å². The van der Waals surface area contributed by atoms with Gasteiger partial charge in [0.15, 0.2) is 0 Å². The molecule has 1 aromatic rings. The molecule has 0 bridgehead atoms. The Morgan fingerprint density at radius 3 is 2.65 bits per heavy atom. The molecule has 0 unspecified atom stereocenters.